The Bertz CT molecular complexity index is 633. The van der Waals surface area contributed by atoms with E-state index < -0.39 is 0 Å². The molecule has 0 radical (unpaired) electrons. The molecule has 104 valence electrons. The van der Waals surface area contributed by atoms with Crippen LogP contribution in [0, 0.1) is 19.7 Å². The number of halogens is 1. The van der Waals surface area contributed by atoms with Gasteiger partial charge in [-0.15, -0.1) is 0 Å². The zero-order valence-electron chi connectivity index (χ0n) is 11.3. The van der Waals surface area contributed by atoms with Crippen LogP contribution in [0.3, 0.4) is 0 Å². The van der Waals surface area contributed by atoms with E-state index in [0.717, 1.165) is 0 Å². The van der Waals surface area contributed by atoms with Gasteiger partial charge in [-0.3, -0.25) is 9.78 Å². The Morgan fingerprint density at radius 1 is 1.35 bits per heavy atom. The molecule has 5 heteroatoms. The van der Waals surface area contributed by atoms with E-state index in [9.17, 15) is 14.3 Å². The molecule has 0 aliphatic heterocycles. The summed E-state index contributed by atoms with van der Waals surface area (Å²) in [4.78, 5) is 16.1. The van der Waals surface area contributed by atoms with Crippen molar-refractivity contribution in [2.75, 3.05) is 5.32 Å². The largest absolute Gasteiger partial charge is 0.392 e. The highest BCUT2D eigenvalue weighted by Gasteiger charge is 2.12. The maximum Gasteiger partial charge on any atom is 0.255 e. The van der Waals surface area contributed by atoms with Crippen LogP contribution in [0.4, 0.5) is 10.1 Å². The number of aliphatic hydroxyl groups excluding tert-OH is 1. The molecule has 0 saturated heterocycles. The molecule has 1 aromatic heterocycles. The lowest BCUT2D eigenvalue weighted by Crippen LogP contribution is -2.14. The van der Waals surface area contributed by atoms with Gasteiger partial charge in [-0.05, 0) is 43.2 Å². The van der Waals surface area contributed by atoms with Gasteiger partial charge in [-0.2, -0.15) is 0 Å². The summed E-state index contributed by atoms with van der Waals surface area (Å²) in [6.45, 7) is 3.03. The van der Waals surface area contributed by atoms with Crippen molar-refractivity contribution in [3.05, 3.63) is 58.7 Å². The molecule has 1 aromatic carbocycles. The smallest absolute Gasteiger partial charge is 0.255 e. The average Bonchev–Trinajstić information content (AvgIpc) is 2.44. The number of aromatic nitrogens is 1. The number of carbonyl (C=O) groups is 1. The molecular formula is C15H15FN2O2. The number of nitrogens with one attached hydrogen (secondary N) is 1. The van der Waals surface area contributed by atoms with Gasteiger partial charge in [0.1, 0.15) is 5.82 Å². The average molecular weight is 274 g/mol. The van der Waals surface area contributed by atoms with Gasteiger partial charge in [0.05, 0.1) is 18.5 Å². The molecule has 0 aliphatic rings. The van der Waals surface area contributed by atoms with E-state index in [-0.39, 0.29) is 18.3 Å². The molecule has 0 bridgehead atoms. The molecule has 1 amide bonds. The Morgan fingerprint density at radius 2 is 2.00 bits per heavy atom. The summed E-state index contributed by atoms with van der Waals surface area (Å²) in [6, 6.07) is 4.61. The van der Waals surface area contributed by atoms with Crippen molar-refractivity contribution in [1.29, 1.82) is 0 Å². The molecule has 0 saturated carbocycles. The molecule has 0 atom stereocenters. The highest BCUT2D eigenvalue weighted by atomic mass is 19.1. The van der Waals surface area contributed by atoms with E-state index in [2.05, 4.69) is 10.3 Å². The summed E-state index contributed by atoms with van der Waals surface area (Å²) in [5.41, 5.74) is 2.23. The van der Waals surface area contributed by atoms with Crippen molar-refractivity contribution in [3.63, 3.8) is 0 Å². The Balaban J connectivity index is 2.29. The van der Waals surface area contributed by atoms with Gasteiger partial charge in [0.2, 0.25) is 0 Å². The number of nitrogens with zero attached hydrogens (tertiary/aromatic N) is 1. The SMILES string of the molecule is Cc1cc(C(=O)Nc2cnccc2CO)cc(C)c1F. The Morgan fingerprint density at radius 3 is 2.60 bits per heavy atom. The molecule has 0 fully saturated rings. The number of rotatable bonds is 3. The number of pyridine rings is 1. The third-order valence-corrected chi connectivity index (χ3v) is 3.03. The fraction of sp³-hybridized carbons (Fsp3) is 0.200. The normalized spacial score (nSPS) is 10.4. The van der Waals surface area contributed by atoms with Gasteiger partial charge >= 0.3 is 0 Å². The molecular weight excluding hydrogens is 259 g/mol. The van der Waals surface area contributed by atoms with E-state index in [1.807, 2.05) is 0 Å². The third-order valence-electron chi connectivity index (χ3n) is 3.03. The van der Waals surface area contributed by atoms with E-state index >= 15 is 0 Å². The van der Waals surface area contributed by atoms with Crippen molar-refractivity contribution in [2.24, 2.45) is 0 Å². The number of amides is 1. The fourth-order valence-corrected chi connectivity index (χ4v) is 1.95. The molecule has 20 heavy (non-hydrogen) atoms. The first-order valence-electron chi connectivity index (χ1n) is 6.14. The lowest BCUT2D eigenvalue weighted by molar-refractivity contribution is 0.102. The van der Waals surface area contributed by atoms with Crippen LogP contribution in [0.25, 0.3) is 0 Å². The number of aliphatic hydroxyl groups is 1. The second kappa shape index (κ2) is 5.79. The van der Waals surface area contributed by atoms with Gasteiger partial charge in [-0.25, -0.2) is 4.39 Å². The van der Waals surface area contributed by atoms with E-state index in [4.69, 9.17) is 0 Å². The van der Waals surface area contributed by atoms with Crippen molar-refractivity contribution in [3.8, 4) is 0 Å². The zero-order valence-corrected chi connectivity index (χ0v) is 11.3. The first-order chi connectivity index (χ1) is 9.52. The molecule has 2 N–H and O–H groups in total. The number of hydrogen-bond acceptors (Lipinski definition) is 3. The highest BCUT2D eigenvalue weighted by molar-refractivity contribution is 6.04. The number of anilines is 1. The van der Waals surface area contributed by atoms with Gasteiger partial charge in [0.25, 0.3) is 5.91 Å². The second-order valence-corrected chi connectivity index (χ2v) is 4.57. The Hall–Kier alpha value is -2.27. The van der Waals surface area contributed by atoms with Crippen molar-refractivity contribution in [2.45, 2.75) is 20.5 Å². The van der Waals surface area contributed by atoms with E-state index in [1.165, 1.54) is 24.5 Å². The molecule has 2 rings (SSSR count). The van der Waals surface area contributed by atoms with Crippen molar-refractivity contribution in [1.82, 2.24) is 4.98 Å². The molecule has 0 aliphatic carbocycles. The zero-order chi connectivity index (χ0) is 14.7. The lowest BCUT2D eigenvalue weighted by atomic mass is 10.1. The van der Waals surface area contributed by atoms with Crippen LogP contribution in [-0.2, 0) is 6.61 Å². The Kier molecular flexibility index (Phi) is 4.10. The molecule has 0 unspecified atom stereocenters. The lowest BCUT2D eigenvalue weighted by Gasteiger charge is -2.10. The van der Waals surface area contributed by atoms with Crippen LogP contribution in [0.2, 0.25) is 0 Å². The van der Waals surface area contributed by atoms with Crippen molar-refractivity contribution >= 4 is 11.6 Å². The molecule has 4 nitrogen and oxygen atoms in total. The predicted molar refractivity (Wildman–Crippen MR) is 74.0 cm³/mol. The summed E-state index contributed by atoms with van der Waals surface area (Å²) in [5.74, 6) is -0.669. The van der Waals surface area contributed by atoms with Crippen LogP contribution in [0.5, 0.6) is 0 Å². The van der Waals surface area contributed by atoms with Crippen molar-refractivity contribution < 1.29 is 14.3 Å². The standard InChI is InChI=1S/C15H15FN2O2/c1-9-5-12(6-10(2)14(9)16)15(20)18-13-7-17-4-3-11(13)8-19/h3-7,19H,8H2,1-2H3,(H,18,20). The van der Waals surface area contributed by atoms with Gasteiger partial charge in [0.15, 0.2) is 0 Å². The van der Waals surface area contributed by atoms with E-state index in [1.54, 1.807) is 19.9 Å². The summed E-state index contributed by atoms with van der Waals surface area (Å²) in [7, 11) is 0. The third kappa shape index (κ3) is 2.83. The highest BCUT2D eigenvalue weighted by Crippen LogP contribution is 2.18. The maximum atomic E-state index is 13.5. The molecule has 1 heterocycles. The second-order valence-electron chi connectivity index (χ2n) is 4.57. The van der Waals surface area contributed by atoms with Crippen LogP contribution >= 0.6 is 0 Å². The summed E-state index contributed by atoms with van der Waals surface area (Å²) in [6.07, 6.45) is 3.00. The van der Waals surface area contributed by atoms with E-state index in [0.29, 0.717) is 27.9 Å². The van der Waals surface area contributed by atoms with Crippen LogP contribution in [-0.4, -0.2) is 16.0 Å². The maximum absolute atomic E-state index is 13.5. The number of benzene rings is 1. The Labute approximate surface area is 116 Å². The number of carbonyl (C=O) groups excluding carboxylic acids is 1. The number of aryl methyl sites for hydroxylation is 2. The molecule has 0 spiro atoms. The summed E-state index contributed by atoms with van der Waals surface area (Å²) >= 11 is 0. The van der Waals surface area contributed by atoms with Gasteiger partial charge in [0, 0.05) is 17.3 Å². The summed E-state index contributed by atoms with van der Waals surface area (Å²) < 4.78 is 13.5. The van der Waals surface area contributed by atoms with Crippen LogP contribution in [0.15, 0.2) is 30.6 Å². The van der Waals surface area contributed by atoms with Gasteiger partial charge in [-0.1, -0.05) is 0 Å². The summed E-state index contributed by atoms with van der Waals surface area (Å²) in [5, 5.41) is 11.9. The first kappa shape index (κ1) is 14.1. The fourth-order valence-electron chi connectivity index (χ4n) is 1.95. The predicted octanol–water partition coefficient (Wildman–Crippen LogP) is 2.58. The topological polar surface area (TPSA) is 62.2 Å². The van der Waals surface area contributed by atoms with Crippen LogP contribution in [0.1, 0.15) is 27.0 Å². The quantitative estimate of drug-likeness (QED) is 0.904. The van der Waals surface area contributed by atoms with Crippen LogP contribution < -0.4 is 5.32 Å². The van der Waals surface area contributed by atoms with Gasteiger partial charge < -0.3 is 10.4 Å². The minimum absolute atomic E-state index is 0.195. The minimum atomic E-state index is -0.362. The number of hydrogen-bond donors (Lipinski definition) is 2. The first-order valence-corrected chi connectivity index (χ1v) is 6.14. The molecule has 2 aromatic rings. The monoisotopic (exact) mass is 274 g/mol. The minimum Gasteiger partial charge on any atom is -0.392 e.